The summed E-state index contributed by atoms with van der Waals surface area (Å²) < 4.78 is 1.25. The summed E-state index contributed by atoms with van der Waals surface area (Å²) in [4.78, 5) is 4.50. The number of thiophene rings is 1. The van der Waals surface area contributed by atoms with E-state index in [4.69, 9.17) is 0 Å². The van der Waals surface area contributed by atoms with Gasteiger partial charge in [0.15, 0.2) is 0 Å². The van der Waals surface area contributed by atoms with Crippen molar-refractivity contribution in [2.75, 3.05) is 13.2 Å². The van der Waals surface area contributed by atoms with Crippen LogP contribution in [0.3, 0.4) is 0 Å². The van der Waals surface area contributed by atoms with Crippen LogP contribution >= 0.6 is 11.3 Å². The number of nitrogens with zero attached hydrogens (tertiary/aromatic N) is 1. The fourth-order valence-corrected chi connectivity index (χ4v) is 3.96. The van der Waals surface area contributed by atoms with E-state index in [9.17, 15) is 5.11 Å². The van der Waals surface area contributed by atoms with E-state index in [0.717, 1.165) is 12.1 Å². The Morgan fingerprint density at radius 2 is 2.30 bits per heavy atom. The molecule has 2 N–H and O–H groups in total. The highest BCUT2D eigenvalue weighted by molar-refractivity contribution is 7.17. The predicted octanol–water partition coefficient (Wildman–Crippen LogP) is 3.36. The van der Waals surface area contributed by atoms with Crippen LogP contribution in [0.5, 0.6) is 0 Å². The van der Waals surface area contributed by atoms with E-state index in [1.165, 1.54) is 29.5 Å². The third-order valence-electron chi connectivity index (χ3n) is 4.56. The maximum absolute atomic E-state index is 9.38. The quantitative estimate of drug-likeness (QED) is 0.887. The maximum Gasteiger partial charge on any atom is 0.0809 e. The monoisotopic (exact) mass is 290 g/mol. The van der Waals surface area contributed by atoms with E-state index in [1.54, 1.807) is 11.3 Å². The van der Waals surface area contributed by atoms with Gasteiger partial charge in [0.2, 0.25) is 0 Å². The summed E-state index contributed by atoms with van der Waals surface area (Å²) in [5.74, 6) is 1.12. The molecular formula is C16H22N2OS. The van der Waals surface area contributed by atoms with Gasteiger partial charge in [0, 0.05) is 18.8 Å². The Labute approximate surface area is 124 Å². The van der Waals surface area contributed by atoms with Crippen molar-refractivity contribution in [3.05, 3.63) is 29.3 Å². The summed E-state index contributed by atoms with van der Waals surface area (Å²) in [5.41, 5.74) is 2.33. The van der Waals surface area contributed by atoms with Crippen molar-refractivity contribution >= 4 is 21.6 Å². The maximum atomic E-state index is 9.38. The molecule has 1 saturated carbocycles. The summed E-state index contributed by atoms with van der Waals surface area (Å²) >= 11 is 1.74. The van der Waals surface area contributed by atoms with Gasteiger partial charge in [0.1, 0.15) is 0 Å². The smallest absolute Gasteiger partial charge is 0.0809 e. The van der Waals surface area contributed by atoms with E-state index in [1.807, 2.05) is 6.20 Å². The summed E-state index contributed by atoms with van der Waals surface area (Å²) in [6, 6.07) is 4.61. The molecule has 2 aromatic rings. The Kier molecular flexibility index (Phi) is 4.34. The first-order valence-electron chi connectivity index (χ1n) is 7.45. The molecule has 2 heterocycles. The number of aromatic nitrogens is 1. The van der Waals surface area contributed by atoms with Crippen LogP contribution in [-0.2, 0) is 0 Å². The first-order chi connectivity index (χ1) is 9.78. The van der Waals surface area contributed by atoms with Crippen LogP contribution in [0.15, 0.2) is 23.7 Å². The van der Waals surface area contributed by atoms with Gasteiger partial charge < -0.3 is 10.4 Å². The molecule has 1 aliphatic carbocycles. The lowest BCUT2D eigenvalue weighted by molar-refractivity contribution is 0.190. The van der Waals surface area contributed by atoms with Gasteiger partial charge in [0.25, 0.3) is 0 Å². The summed E-state index contributed by atoms with van der Waals surface area (Å²) in [7, 11) is 0. The van der Waals surface area contributed by atoms with E-state index in [2.05, 4.69) is 34.7 Å². The first-order valence-corrected chi connectivity index (χ1v) is 8.33. The highest BCUT2D eigenvalue weighted by Gasteiger charge is 2.26. The number of fused-ring (bicyclic) bond motifs is 1. The SMILES string of the molecule is CC(NCC1CCCC1CO)c1cnc2ccsc2c1. The highest BCUT2D eigenvalue weighted by Crippen LogP contribution is 2.31. The van der Waals surface area contributed by atoms with Crippen LogP contribution < -0.4 is 5.32 Å². The van der Waals surface area contributed by atoms with Gasteiger partial charge in [-0.05, 0) is 61.2 Å². The van der Waals surface area contributed by atoms with Crippen LogP contribution in [0.1, 0.15) is 37.8 Å². The largest absolute Gasteiger partial charge is 0.396 e. The Morgan fingerprint density at radius 3 is 3.15 bits per heavy atom. The molecule has 3 atom stereocenters. The van der Waals surface area contributed by atoms with E-state index in [0.29, 0.717) is 24.5 Å². The summed E-state index contributed by atoms with van der Waals surface area (Å²) in [6.07, 6.45) is 5.66. The molecule has 2 aromatic heterocycles. The molecule has 1 fully saturated rings. The van der Waals surface area contributed by atoms with Crippen LogP contribution in [0.4, 0.5) is 0 Å². The Hall–Kier alpha value is -0.970. The van der Waals surface area contributed by atoms with Gasteiger partial charge in [-0.1, -0.05) is 6.42 Å². The fraction of sp³-hybridized carbons (Fsp3) is 0.562. The van der Waals surface area contributed by atoms with Gasteiger partial charge in [-0.15, -0.1) is 11.3 Å². The number of rotatable bonds is 5. The minimum absolute atomic E-state index is 0.314. The molecule has 4 heteroatoms. The third-order valence-corrected chi connectivity index (χ3v) is 5.41. The normalized spacial score (nSPS) is 24.3. The fourth-order valence-electron chi connectivity index (χ4n) is 3.17. The van der Waals surface area contributed by atoms with Crippen molar-refractivity contribution in [3.8, 4) is 0 Å². The molecular weight excluding hydrogens is 268 g/mol. The molecule has 3 rings (SSSR count). The van der Waals surface area contributed by atoms with Crippen LogP contribution in [0.2, 0.25) is 0 Å². The minimum atomic E-state index is 0.314. The second-order valence-electron chi connectivity index (χ2n) is 5.84. The lowest BCUT2D eigenvalue weighted by atomic mass is 9.96. The van der Waals surface area contributed by atoms with E-state index in [-0.39, 0.29) is 0 Å². The van der Waals surface area contributed by atoms with Crippen LogP contribution in [0, 0.1) is 11.8 Å². The predicted molar refractivity (Wildman–Crippen MR) is 84.0 cm³/mol. The molecule has 3 unspecified atom stereocenters. The number of pyridine rings is 1. The lowest BCUT2D eigenvalue weighted by Crippen LogP contribution is -2.28. The second kappa shape index (κ2) is 6.20. The Balaban J connectivity index is 1.62. The lowest BCUT2D eigenvalue weighted by Gasteiger charge is -2.21. The number of aliphatic hydroxyl groups is 1. The first kappa shape index (κ1) is 14.0. The van der Waals surface area contributed by atoms with Crippen molar-refractivity contribution in [1.82, 2.24) is 10.3 Å². The molecule has 0 saturated heterocycles. The summed E-state index contributed by atoms with van der Waals surface area (Å²) in [5, 5.41) is 15.1. The average Bonchev–Trinajstić information content (AvgIpc) is 3.12. The standard InChI is InChI=1S/C16H22N2OS/c1-11(17-8-12-3-2-4-13(12)10-19)14-7-16-15(18-9-14)5-6-20-16/h5-7,9,11-13,17,19H,2-4,8,10H2,1H3. The molecule has 0 radical (unpaired) electrons. The minimum Gasteiger partial charge on any atom is -0.396 e. The summed E-state index contributed by atoms with van der Waals surface area (Å²) in [6.45, 7) is 3.53. The van der Waals surface area contributed by atoms with E-state index < -0.39 is 0 Å². The van der Waals surface area contributed by atoms with Crippen molar-refractivity contribution < 1.29 is 5.11 Å². The Morgan fingerprint density at radius 1 is 1.45 bits per heavy atom. The molecule has 0 aliphatic heterocycles. The molecule has 0 amide bonds. The second-order valence-corrected chi connectivity index (χ2v) is 6.78. The van der Waals surface area contributed by atoms with Crippen molar-refractivity contribution in [1.29, 1.82) is 0 Å². The van der Waals surface area contributed by atoms with Gasteiger partial charge >= 0.3 is 0 Å². The number of aliphatic hydroxyl groups excluding tert-OH is 1. The molecule has 20 heavy (non-hydrogen) atoms. The van der Waals surface area contributed by atoms with Gasteiger partial charge in [-0.2, -0.15) is 0 Å². The number of hydrogen-bond donors (Lipinski definition) is 2. The van der Waals surface area contributed by atoms with Gasteiger partial charge in [-0.3, -0.25) is 4.98 Å². The molecule has 3 nitrogen and oxygen atoms in total. The van der Waals surface area contributed by atoms with Crippen molar-refractivity contribution in [2.45, 2.75) is 32.2 Å². The van der Waals surface area contributed by atoms with Gasteiger partial charge in [0.05, 0.1) is 10.2 Å². The highest BCUT2D eigenvalue weighted by atomic mass is 32.1. The third kappa shape index (κ3) is 2.87. The average molecular weight is 290 g/mol. The molecule has 108 valence electrons. The van der Waals surface area contributed by atoms with Gasteiger partial charge in [-0.25, -0.2) is 0 Å². The molecule has 1 aliphatic rings. The topological polar surface area (TPSA) is 45.1 Å². The molecule has 0 aromatic carbocycles. The van der Waals surface area contributed by atoms with Crippen LogP contribution in [0.25, 0.3) is 10.2 Å². The van der Waals surface area contributed by atoms with E-state index >= 15 is 0 Å². The molecule has 0 bridgehead atoms. The van der Waals surface area contributed by atoms with Crippen LogP contribution in [-0.4, -0.2) is 23.2 Å². The molecule has 0 spiro atoms. The zero-order valence-electron chi connectivity index (χ0n) is 11.9. The van der Waals surface area contributed by atoms with Crippen molar-refractivity contribution in [2.24, 2.45) is 11.8 Å². The Bertz CT molecular complexity index is 568. The zero-order chi connectivity index (χ0) is 13.9. The number of hydrogen-bond acceptors (Lipinski definition) is 4. The zero-order valence-corrected chi connectivity index (χ0v) is 12.7. The number of nitrogens with one attached hydrogen (secondary N) is 1. The van der Waals surface area contributed by atoms with Crippen molar-refractivity contribution in [3.63, 3.8) is 0 Å².